The molecule has 28 heavy (non-hydrogen) atoms. The fourth-order valence-electron chi connectivity index (χ4n) is 3.01. The molecule has 156 valence electrons. The number of carbonyl (C=O) groups excluding carboxylic acids is 2. The van der Waals surface area contributed by atoms with E-state index in [1.807, 2.05) is 6.92 Å². The molecule has 0 aromatic heterocycles. The summed E-state index contributed by atoms with van der Waals surface area (Å²) in [5, 5.41) is 2.44. The lowest BCUT2D eigenvalue weighted by molar-refractivity contribution is -0.135. The molecule has 1 aromatic carbocycles. The van der Waals surface area contributed by atoms with Crippen LogP contribution in [0.4, 0.5) is 13.6 Å². The molecular formula is C17H24F2N4O4S. The molecule has 3 amide bonds. The Balaban J connectivity index is 2.10. The lowest BCUT2D eigenvalue weighted by Crippen LogP contribution is -2.58. The summed E-state index contributed by atoms with van der Waals surface area (Å²) >= 11 is 0. The molecule has 2 rings (SSSR count). The zero-order chi connectivity index (χ0) is 21.1. The van der Waals surface area contributed by atoms with Crippen molar-refractivity contribution in [2.24, 2.45) is 11.7 Å². The van der Waals surface area contributed by atoms with Crippen molar-refractivity contribution in [3.63, 3.8) is 0 Å². The quantitative estimate of drug-likeness (QED) is 0.714. The number of amides is 3. The molecule has 0 radical (unpaired) electrons. The van der Waals surface area contributed by atoms with Crippen molar-refractivity contribution in [2.75, 3.05) is 26.2 Å². The molecule has 0 unspecified atom stereocenters. The van der Waals surface area contributed by atoms with Gasteiger partial charge in [0.05, 0.1) is 0 Å². The molecule has 0 spiro atoms. The first-order chi connectivity index (χ1) is 13.1. The number of hydrogen-bond acceptors (Lipinski definition) is 4. The van der Waals surface area contributed by atoms with Gasteiger partial charge in [-0.3, -0.25) is 4.79 Å². The molecule has 3 N–H and O–H groups in total. The first-order valence-electron chi connectivity index (χ1n) is 8.87. The van der Waals surface area contributed by atoms with Gasteiger partial charge in [-0.05, 0) is 18.1 Å². The number of primary amides is 1. The Kier molecular flexibility index (Phi) is 6.94. The number of piperazine rings is 1. The number of sulfonamides is 1. The van der Waals surface area contributed by atoms with Crippen molar-refractivity contribution in [1.82, 2.24) is 14.5 Å². The fraction of sp³-hybridized carbons (Fsp3) is 0.529. The molecule has 11 heteroatoms. The summed E-state index contributed by atoms with van der Waals surface area (Å²) in [5.41, 5.74) is 5.15. The third-order valence-corrected chi connectivity index (χ3v) is 6.77. The summed E-state index contributed by atoms with van der Waals surface area (Å²) in [4.78, 5) is 24.8. The third-order valence-electron chi connectivity index (χ3n) is 4.84. The van der Waals surface area contributed by atoms with Crippen LogP contribution in [0.5, 0.6) is 0 Å². The van der Waals surface area contributed by atoms with E-state index >= 15 is 0 Å². The van der Waals surface area contributed by atoms with Gasteiger partial charge in [0.15, 0.2) is 0 Å². The molecule has 1 fully saturated rings. The van der Waals surface area contributed by atoms with Gasteiger partial charge >= 0.3 is 6.03 Å². The number of halogens is 2. The van der Waals surface area contributed by atoms with Gasteiger partial charge in [0.2, 0.25) is 15.9 Å². The van der Waals surface area contributed by atoms with Crippen LogP contribution >= 0.6 is 0 Å². The van der Waals surface area contributed by atoms with Gasteiger partial charge in [-0.25, -0.2) is 22.0 Å². The highest BCUT2D eigenvalue weighted by atomic mass is 32.2. The first kappa shape index (κ1) is 22.0. The maximum atomic E-state index is 13.9. The second-order valence-electron chi connectivity index (χ2n) is 6.68. The van der Waals surface area contributed by atoms with Crippen molar-refractivity contribution >= 4 is 22.0 Å². The first-order valence-corrected chi connectivity index (χ1v) is 10.3. The molecule has 8 nitrogen and oxygen atoms in total. The minimum absolute atomic E-state index is 0.0469. The van der Waals surface area contributed by atoms with Crippen LogP contribution in [0, 0.1) is 17.6 Å². The number of hydrogen-bond donors (Lipinski definition) is 2. The molecule has 1 aromatic rings. The summed E-state index contributed by atoms with van der Waals surface area (Å²) in [7, 11) is -4.15. The number of benzene rings is 1. The van der Waals surface area contributed by atoms with Crippen LogP contribution in [0.1, 0.15) is 20.3 Å². The second kappa shape index (κ2) is 8.82. The van der Waals surface area contributed by atoms with Crippen molar-refractivity contribution in [3.8, 4) is 0 Å². The van der Waals surface area contributed by atoms with Crippen LogP contribution in [0.3, 0.4) is 0 Å². The van der Waals surface area contributed by atoms with Crippen LogP contribution in [0.25, 0.3) is 0 Å². The number of nitrogens with two attached hydrogens (primary N) is 1. The normalized spacial score (nSPS) is 17.8. The lowest BCUT2D eigenvalue weighted by atomic mass is 9.97. The standard InChI is InChI=1S/C17H24F2N4O4S/c1-3-11(2)15(21-17(20)25)16(24)22-6-8-23(9-7-22)28(26,27)14-5-4-12(18)10-13(14)19/h4-5,10-11,15H,3,6-9H2,1-2H3,(H3,20,21,25)/t11-,15-/m0/s1. The van der Waals surface area contributed by atoms with Crippen LogP contribution in [-0.4, -0.2) is 61.8 Å². The predicted molar refractivity (Wildman–Crippen MR) is 97.7 cm³/mol. The van der Waals surface area contributed by atoms with E-state index in [0.29, 0.717) is 12.5 Å². The highest BCUT2D eigenvalue weighted by Crippen LogP contribution is 2.22. The van der Waals surface area contributed by atoms with Crippen LogP contribution in [-0.2, 0) is 14.8 Å². The fourth-order valence-corrected chi connectivity index (χ4v) is 4.47. The van der Waals surface area contributed by atoms with Gasteiger partial charge in [0, 0.05) is 32.2 Å². The average molecular weight is 418 g/mol. The lowest BCUT2D eigenvalue weighted by Gasteiger charge is -2.36. The minimum Gasteiger partial charge on any atom is -0.352 e. The van der Waals surface area contributed by atoms with Gasteiger partial charge in [-0.15, -0.1) is 0 Å². The maximum Gasteiger partial charge on any atom is 0.312 e. The van der Waals surface area contributed by atoms with E-state index in [2.05, 4.69) is 5.32 Å². The summed E-state index contributed by atoms with van der Waals surface area (Å²) in [6, 6.07) is 0.653. The topological polar surface area (TPSA) is 113 Å². The van der Waals surface area contributed by atoms with Gasteiger partial charge in [0.1, 0.15) is 22.6 Å². The van der Waals surface area contributed by atoms with E-state index in [-0.39, 0.29) is 38.0 Å². The third kappa shape index (κ3) is 4.76. The van der Waals surface area contributed by atoms with E-state index in [1.165, 1.54) is 4.90 Å². The van der Waals surface area contributed by atoms with E-state index in [9.17, 15) is 26.8 Å². The van der Waals surface area contributed by atoms with Gasteiger partial charge in [-0.2, -0.15) is 4.31 Å². The predicted octanol–water partition coefficient (Wildman–Crippen LogP) is 0.881. The SMILES string of the molecule is CC[C@H](C)[C@H](NC(N)=O)C(=O)N1CCN(S(=O)(=O)c2ccc(F)cc2F)CC1. The molecule has 1 saturated heterocycles. The van der Waals surface area contributed by atoms with E-state index in [0.717, 1.165) is 16.4 Å². The van der Waals surface area contributed by atoms with Crippen LogP contribution in [0.15, 0.2) is 23.1 Å². The maximum absolute atomic E-state index is 13.9. The Hall–Kier alpha value is -2.27. The number of carbonyl (C=O) groups is 2. The molecule has 0 bridgehead atoms. The van der Waals surface area contributed by atoms with Crippen molar-refractivity contribution < 1.29 is 26.8 Å². The molecule has 1 heterocycles. The Morgan fingerprint density at radius 3 is 2.32 bits per heavy atom. The molecule has 1 aliphatic rings. The largest absolute Gasteiger partial charge is 0.352 e. The number of rotatable bonds is 6. The highest BCUT2D eigenvalue weighted by molar-refractivity contribution is 7.89. The number of nitrogens with one attached hydrogen (secondary N) is 1. The molecule has 0 aliphatic carbocycles. The number of urea groups is 1. The van der Waals surface area contributed by atoms with E-state index in [4.69, 9.17) is 5.73 Å². The minimum atomic E-state index is -4.15. The Morgan fingerprint density at radius 1 is 1.21 bits per heavy atom. The van der Waals surface area contributed by atoms with Gasteiger partial charge in [0.25, 0.3) is 0 Å². The monoisotopic (exact) mass is 418 g/mol. The van der Waals surface area contributed by atoms with E-state index < -0.39 is 38.6 Å². The van der Waals surface area contributed by atoms with Crippen molar-refractivity contribution in [1.29, 1.82) is 0 Å². The zero-order valence-corrected chi connectivity index (χ0v) is 16.5. The zero-order valence-electron chi connectivity index (χ0n) is 15.7. The average Bonchev–Trinajstić information content (AvgIpc) is 2.64. The van der Waals surface area contributed by atoms with Crippen molar-refractivity contribution in [3.05, 3.63) is 29.8 Å². The summed E-state index contributed by atoms with van der Waals surface area (Å²) in [6.45, 7) is 3.73. The van der Waals surface area contributed by atoms with E-state index in [1.54, 1.807) is 6.92 Å². The molecular weight excluding hydrogens is 394 g/mol. The smallest absolute Gasteiger partial charge is 0.312 e. The number of nitrogens with zero attached hydrogens (tertiary/aromatic N) is 2. The Morgan fingerprint density at radius 2 is 1.82 bits per heavy atom. The van der Waals surface area contributed by atoms with Crippen LogP contribution < -0.4 is 11.1 Å². The summed E-state index contributed by atoms with van der Waals surface area (Å²) in [6.07, 6.45) is 0.634. The second-order valence-corrected chi connectivity index (χ2v) is 8.58. The van der Waals surface area contributed by atoms with Crippen LogP contribution in [0.2, 0.25) is 0 Å². The molecule has 1 aliphatic heterocycles. The molecule has 2 atom stereocenters. The Labute approximate surface area is 162 Å². The Bertz CT molecular complexity index is 842. The summed E-state index contributed by atoms with van der Waals surface area (Å²) in [5.74, 6) is -2.54. The molecule has 0 saturated carbocycles. The van der Waals surface area contributed by atoms with Gasteiger partial charge < -0.3 is 16.0 Å². The van der Waals surface area contributed by atoms with Gasteiger partial charge in [-0.1, -0.05) is 20.3 Å². The highest BCUT2D eigenvalue weighted by Gasteiger charge is 2.35. The van der Waals surface area contributed by atoms with Crippen molar-refractivity contribution in [2.45, 2.75) is 31.2 Å². The summed E-state index contributed by atoms with van der Waals surface area (Å²) < 4.78 is 53.2.